The zero-order valence-corrected chi connectivity index (χ0v) is 8.51. The molecular formula is C11H12N4. The Morgan fingerprint density at radius 1 is 1.07 bits per heavy atom. The van der Waals surface area contributed by atoms with Crippen LogP contribution in [0.3, 0.4) is 0 Å². The fourth-order valence-electron chi connectivity index (χ4n) is 1.36. The SMILES string of the molecule is CCNc1nccnc1-c1ccncc1. The summed E-state index contributed by atoms with van der Waals surface area (Å²) in [6.07, 6.45) is 6.87. The van der Waals surface area contributed by atoms with Gasteiger partial charge in [0.05, 0.1) is 0 Å². The molecule has 2 aromatic rings. The molecule has 1 N–H and O–H groups in total. The standard InChI is InChI=1S/C11H12N4/c1-2-13-11-10(14-7-8-15-11)9-3-5-12-6-4-9/h3-8H,2H2,1H3,(H,13,15). The maximum Gasteiger partial charge on any atom is 0.152 e. The number of aromatic nitrogens is 3. The van der Waals surface area contributed by atoms with Gasteiger partial charge in [0.2, 0.25) is 0 Å². The summed E-state index contributed by atoms with van der Waals surface area (Å²) in [5, 5.41) is 3.18. The van der Waals surface area contributed by atoms with E-state index in [-0.39, 0.29) is 0 Å². The van der Waals surface area contributed by atoms with Crippen molar-refractivity contribution >= 4 is 5.82 Å². The van der Waals surface area contributed by atoms with Crippen LogP contribution in [0, 0.1) is 0 Å². The van der Waals surface area contributed by atoms with Crippen molar-refractivity contribution in [1.29, 1.82) is 0 Å². The van der Waals surface area contributed by atoms with Crippen molar-refractivity contribution in [3.8, 4) is 11.3 Å². The molecule has 4 heteroatoms. The minimum absolute atomic E-state index is 0.811. The van der Waals surface area contributed by atoms with Crippen molar-refractivity contribution in [3.05, 3.63) is 36.9 Å². The molecule has 0 atom stereocenters. The molecule has 0 aliphatic rings. The molecule has 2 aromatic heterocycles. The average molecular weight is 200 g/mol. The second kappa shape index (κ2) is 4.50. The van der Waals surface area contributed by atoms with Gasteiger partial charge in [-0.15, -0.1) is 0 Å². The summed E-state index contributed by atoms with van der Waals surface area (Å²) in [5.41, 5.74) is 1.89. The predicted octanol–water partition coefficient (Wildman–Crippen LogP) is 1.97. The highest BCUT2D eigenvalue weighted by molar-refractivity contribution is 5.70. The van der Waals surface area contributed by atoms with Crippen LogP contribution in [0.1, 0.15) is 6.92 Å². The van der Waals surface area contributed by atoms with Gasteiger partial charge in [0, 0.05) is 36.9 Å². The van der Waals surface area contributed by atoms with Crippen LogP contribution in [0.15, 0.2) is 36.9 Å². The van der Waals surface area contributed by atoms with E-state index >= 15 is 0 Å². The van der Waals surface area contributed by atoms with E-state index in [9.17, 15) is 0 Å². The van der Waals surface area contributed by atoms with Crippen molar-refractivity contribution in [3.63, 3.8) is 0 Å². The van der Waals surface area contributed by atoms with E-state index in [1.54, 1.807) is 24.8 Å². The molecule has 0 saturated carbocycles. The van der Waals surface area contributed by atoms with E-state index in [4.69, 9.17) is 0 Å². The number of rotatable bonds is 3. The minimum atomic E-state index is 0.811. The highest BCUT2D eigenvalue weighted by Crippen LogP contribution is 2.21. The fraction of sp³-hybridized carbons (Fsp3) is 0.182. The van der Waals surface area contributed by atoms with Crippen LogP contribution in [-0.2, 0) is 0 Å². The van der Waals surface area contributed by atoms with Gasteiger partial charge in [-0.25, -0.2) is 4.98 Å². The molecule has 0 bridgehead atoms. The zero-order valence-electron chi connectivity index (χ0n) is 8.51. The summed E-state index contributed by atoms with van der Waals surface area (Å²) in [5.74, 6) is 0.811. The summed E-state index contributed by atoms with van der Waals surface area (Å²) >= 11 is 0. The highest BCUT2D eigenvalue weighted by Gasteiger charge is 2.05. The van der Waals surface area contributed by atoms with E-state index in [2.05, 4.69) is 20.3 Å². The molecule has 2 rings (SSSR count). The molecular weight excluding hydrogens is 188 g/mol. The molecule has 15 heavy (non-hydrogen) atoms. The average Bonchev–Trinajstić information content (AvgIpc) is 2.31. The summed E-state index contributed by atoms with van der Waals surface area (Å²) in [7, 11) is 0. The maximum absolute atomic E-state index is 4.31. The third-order valence-corrected chi connectivity index (χ3v) is 2.00. The monoisotopic (exact) mass is 200 g/mol. The lowest BCUT2D eigenvalue weighted by Crippen LogP contribution is -2.02. The number of hydrogen-bond acceptors (Lipinski definition) is 4. The number of pyridine rings is 1. The van der Waals surface area contributed by atoms with Gasteiger partial charge in [0.1, 0.15) is 5.69 Å². The molecule has 76 valence electrons. The molecule has 0 radical (unpaired) electrons. The molecule has 0 spiro atoms. The van der Waals surface area contributed by atoms with E-state index in [1.165, 1.54) is 0 Å². The van der Waals surface area contributed by atoms with Gasteiger partial charge in [-0.3, -0.25) is 9.97 Å². The van der Waals surface area contributed by atoms with Crippen LogP contribution < -0.4 is 5.32 Å². The lowest BCUT2D eigenvalue weighted by atomic mass is 10.2. The quantitative estimate of drug-likeness (QED) is 0.823. The Bertz CT molecular complexity index is 428. The first-order valence-corrected chi connectivity index (χ1v) is 4.87. The molecule has 2 heterocycles. The van der Waals surface area contributed by atoms with Gasteiger partial charge in [-0.1, -0.05) is 0 Å². The summed E-state index contributed by atoms with van der Waals surface area (Å²) < 4.78 is 0. The molecule has 0 unspecified atom stereocenters. The molecule has 0 fully saturated rings. The van der Waals surface area contributed by atoms with Gasteiger partial charge in [-0.2, -0.15) is 0 Å². The Balaban J connectivity index is 2.43. The van der Waals surface area contributed by atoms with Crippen LogP contribution in [0.25, 0.3) is 11.3 Å². The predicted molar refractivity (Wildman–Crippen MR) is 59.4 cm³/mol. The third-order valence-electron chi connectivity index (χ3n) is 2.00. The van der Waals surface area contributed by atoms with Crippen molar-refractivity contribution in [1.82, 2.24) is 15.0 Å². The fourth-order valence-corrected chi connectivity index (χ4v) is 1.36. The maximum atomic E-state index is 4.31. The molecule has 4 nitrogen and oxygen atoms in total. The zero-order chi connectivity index (χ0) is 10.5. The Morgan fingerprint density at radius 2 is 1.80 bits per heavy atom. The Morgan fingerprint density at radius 3 is 2.53 bits per heavy atom. The number of anilines is 1. The van der Waals surface area contributed by atoms with E-state index in [1.807, 2.05) is 19.1 Å². The van der Waals surface area contributed by atoms with Crippen LogP contribution >= 0.6 is 0 Å². The van der Waals surface area contributed by atoms with Crippen LogP contribution in [0.2, 0.25) is 0 Å². The lowest BCUT2D eigenvalue weighted by Gasteiger charge is -2.07. The molecule has 0 saturated heterocycles. The van der Waals surface area contributed by atoms with E-state index in [0.717, 1.165) is 23.6 Å². The highest BCUT2D eigenvalue weighted by atomic mass is 15.0. The van der Waals surface area contributed by atoms with Crippen molar-refractivity contribution in [2.45, 2.75) is 6.92 Å². The first-order valence-electron chi connectivity index (χ1n) is 4.87. The van der Waals surface area contributed by atoms with Crippen molar-refractivity contribution in [2.75, 3.05) is 11.9 Å². The second-order valence-corrected chi connectivity index (χ2v) is 3.02. The molecule has 0 amide bonds. The Hall–Kier alpha value is -1.97. The lowest BCUT2D eigenvalue weighted by molar-refractivity contribution is 1.12. The normalized spacial score (nSPS) is 9.93. The minimum Gasteiger partial charge on any atom is -0.369 e. The third kappa shape index (κ3) is 2.10. The Kier molecular flexibility index (Phi) is 2.88. The van der Waals surface area contributed by atoms with Crippen molar-refractivity contribution < 1.29 is 0 Å². The first kappa shape index (κ1) is 9.58. The van der Waals surface area contributed by atoms with E-state index in [0.29, 0.717) is 0 Å². The number of hydrogen-bond donors (Lipinski definition) is 1. The van der Waals surface area contributed by atoms with Crippen molar-refractivity contribution in [2.24, 2.45) is 0 Å². The molecule has 0 aromatic carbocycles. The van der Waals surface area contributed by atoms with Crippen LogP contribution in [0.4, 0.5) is 5.82 Å². The molecule has 0 aliphatic heterocycles. The number of nitrogens with zero attached hydrogens (tertiary/aromatic N) is 3. The molecule has 0 aliphatic carbocycles. The largest absolute Gasteiger partial charge is 0.369 e. The first-order chi connectivity index (χ1) is 7.42. The smallest absolute Gasteiger partial charge is 0.152 e. The van der Waals surface area contributed by atoms with Gasteiger partial charge >= 0.3 is 0 Å². The topological polar surface area (TPSA) is 50.7 Å². The van der Waals surface area contributed by atoms with Crippen LogP contribution in [-0.4, -0.2) is 21.5 Å². The number of nitrogens with one attached hydrogen (secondary N) is 1. The Labute approximate surface area is 88.4 Å². The van der Waals surface area contributed by atoms with Gasteiger partial charge in [-0.05, 0) is 19.1 Å². The van der Waals surface area contributed by atoms with Gasteiger partial charge < -0.3 is 5.32 Å². The summed E-state index contributed by atoms with van der Waals surface area (Å²) in [6.45, 7) is 2.86. The summed E-state index contributed by atoms with van der Waals surface area (Å²) in [6, 6.07) is 3.84. The second-order valence-electron chi connectivity index (χ2n) is 3.02. The summed E-state index contributed by atoms with van der Waals surface area (Å²) in [4.78, 5) is 12.5. The van der Waals surface area contributed by atoms with E-state index < -0.39 is 0 Å². The van der Waals surface area contributed by atoms with Crippen LogP contribution in [0.5, 0.6) is 0 Å². The van der Waals surface area contributed by atoms with Gasteiger partial charge in [0.25, 0.3) is 0 Å². The van der Waals surface area contributed by atoms with Gasteiger partial charge in [0.15, 0.2) is 5.82 Å².